The van der Waals surface area contributed by atoms with Gasteiger partial charge in [0.05, 0.1) is 12.2 Å². The second kappa shape index (κ2) is 6.70. The minimum Gasteiger partial charge on any atom is -0.341 e. The second-order valence-electron chi connectivity index (χ2n) is 5.63. The molecular weight excluding hydrogens is 292 g/mol. The smallest absolute Gasteiger partial charge is 0.236 e. The summed E-state index contributed by atoms with van der Waals surface area (Å²) in [6.45, 7) is 3.43. The Hall–Kier alpha value is -2.54. The Morgan fingerprint density at radius 2 is 2.26 bits per heavy atom. The van der Waals surface area contributed by atoms with Gasteiger partial charge >= 0.3 is 0 Å². The fourth-order valence-corrected chi connectivity index (χ4v) is 2.74. The highest BCUT2D eigenvalue weighted by molar-refractivity contribution is 5.78. The lowest BCUT2D eigenvalue weighted by Crippen LogP contribution is -2.33. The highest BCUT2D eigenvalue weighted by Crippen LogP contribution is 2.26. The van der Waals surface area contributed by atoms with Crippen molar-refractivity contribution < 1.29 is 4.79 Å². The number of anilines is 2. The normalized spacial score (nSPS) is 17.3. The highest BCUT2D eigenvalue weighted by atomic mass is 16.2. The molecule has 7 nitrogen and oxygen atoms in total. The summed E-state index contributed by atoms with van der Waals surface area (Å²) in [6.07, 6.45) is 4.35. The number of rotatable bonds is 4. The van der Waals surface area contributed by atoms with Crippen LogP contribution in [0.15, 0.2) is 30.6 Å². The van der Waals surface area contributed by atoms with E-state index in [0.717, 1.165) is 30.0 Å². The van der Waals surface area contributed by atoms with Gasteiger partial charge in [-0.05, 0) is 31.0 Å². The van der Waals surface area contributed by atoms with E-state index in [-0.39, 0.29) is 18.4 Å². The lowest BCUT2D eigenvalue weighted by molar-refractivity contribution is -0.128. The molecule has 2 aromatic heterocycles. The fourth-order valence-electron chi connectivity index (χ4n) is 2.74. The minimum atomic E-state index is -0.0102. The molecule has 0 saturated carbocycles. The van der Waals surface area contributed by atoms with Crippen molar-refractivity contribution in [2.24, 2.45) is 5.73 Å². The van der Waals surface area contributed by atoms with Gasteiger partial charge in [0.15, 0.2) is 0 Å². The van der Waals surface area contributed by atoms with E-state index in [1.54, 1.807) is 17.3 Å². The van der Waals surface area contributed by atoms with E-state index in [1.165, 1.54) is 0 Å². The summed E-state index contributed by atoms with van der Waals surface area (Å²) < 4.78 is 0. The Bertz CT molecular complexity index is 704. The van der Waals surface area contributed by atoms with Crippen LogP contribution < -0.4 is 11.1 Å². The Morgan fingerprint density at radius 3 is 3.04 bits per heavy atom. The number of hydrogen-bond donors (Lipinski definition) is 2. The number of carbonyl (C=O) groups is 1. The number of pyridine rings is 1. The van der Waals surface area contributed by atoms with Crippen LogP contribution in [-0.2, 0) is 4.79 Å². The summed E-state index contributed by atoms with van der Waals surface area (Å²) in [4.78, 5) is 26.6. The van der Waals surface area contributed by atoms with Gasteiger partial charge in [-0.2, -0.15) is 0 Å². The van der Waals surface area contributed by atoms with E-state index in [2.05, 4.69) is 20.3 Å². The Morgan fingerprint density at radius 1 is 1.39 bits per heavy atom. The first-order valence-electron chi connectivity index (χ1n) is 7.67. The van der Waals surface area contributed by atoms with Crippen LogP contribution in [0.2, 0.25) is 0 Å². The Balaban J connectivity index is 1.73. The summed E-state index contributed by atoms with van der Waals surface area (Å²) in [6, 6.07) is 5.77. The van der Waals surface area contributed by atoms with Crippen molar-refractivity contribution in [1.29, 1.82) is 0 Å². The number of likely N-dealkylation sites (tertiary alicyclic amines) is 1. The average molecular weight is 312 g/mol. The molecule has 1 amide bonds. The van der Waals surface area contributed by atoms with Gasteiger partial charge in [0.25, 0.3) is 0 Å². The van der Waals surface area contributed by atoms with Gasteiger partial charge in [0.2, 0.25) is 11.9 Å². The van der Waals surface area contributed by atoms with Gasteiger partial charge in [-0.3, -0.25) is 4.79 Å². The number of hydrogen-bond acceptors (Lipinski definition) is 6. The molecule has 1 saturated heterocycles. The van der Waals surface area contributed by atoms with Crippen molar-refractivity contribution in [3.8, 4) is 0 Å². The van der Waals surface area contributed by atoms with Gasteiger partial charge in [0, 0.05) is 31.4 Å². The molecule has 1 aliphatic heterocycles. The van der Waals surface area contributed by atoms with Crippen molar-refractivity contribution in [3.05, 3.63) is 41.9 Å². The van der Waals surface area contributed by atoms with Crippen molar-refractivity contribution in [2.75, 3.05) is 25.0 Å². The summed E-state index contributed by atoms with van der Waals surface area (Å²) in [7, 11) is 0. The lowest BCUT2D eigenvalue weighted by atomic mass is 10.1. The van der Waals surface area contributed by atoms with Crippen LogP contribution in [0.5, 0.6) is 0 Å². The molecule has 23 heavy (non-hydrogen) atoms. The molecule has 1 fully saturated rings. The zero-order chi connectivity index (χ0) is 16.2. The predicted octanol–water partition coefficient (Wildman–Crippen LogP) is 1.20. The van der Waals surface area contributed by atoms with Crippen LogP contribution in [0, 0.1) is 6.92 Å². The van der Waals surface area contributed by atoms with Crippen LogP contribution in [0.1, 0.15) is 23.6 Å². The third-order valence-electron chi connectivity index (χ3n) is 4.05. The van der Waals surface area contributed by atoms with Crippen LogP contribution in [0.4, 0.5) is 11.8 Å². The largest absolute Gasteiger partial charge is 0.341 e. The topological polar surface area (TPSA) is 97.0 Å². The number of nitrogens with zero attached hydrogens (tertiary/aromatic N) is 4. The molecular formula is C16H20N6O. The molecule has 0 aromatic carbocycles. The molecule has 3 rings (SSSR count). The van der Waals surface area contributed by atoms with Gasteiger partial charge < -0.3 is 16.0 Å². The number of aryl methyl sites for hydroxylation is 1. The number of amides is 1. The number of nitrogens with one attached hydrogen (secondary N) is 1. The third kappa shape index (κ3) is 3.45. The SMILES string of the molecule is Cc1cccnc1Nc1nccc(C2CCN(C(=O)CN)C2)n1. The summed E-state index contributed by atoms with van der Waals surface area (Å²) in [5.41, 5.74) is 7.39. The van der Waals surface area contributed by atoms with E-state index in [1.807, 2.05) is 25.1 Å². The molecule has 0 spiro atoms. The first-order chi connectivity index (χ1) is 11.2. The van der Waals surface area contributed by atoms with Crippen molar-refractivity contribution in [2.45, 2.75) is 19.3 Å². The molecule has 0 aliphatic carbocycles. The minimum absolute atomic E-state index is 0.0102. The fraction of sp³-hybridized carbons (Fsp3) is 0.375. The van der Waals surface area contributed by atoms with Crippen molar-refractivity contribution >= 4 is 17.7 Å². The van der Waals surface area contributed by atoms with Crippen LogP contribution in [0.3, 0.4) is 0 Å². The molecule has 120 valence electrons. The van der Waals surface area contributed by atoms with Crippen LogP contribution in [-0.4, -0.2) is 45.4 Å². The van der Waals surface area contributed by atoms with E-state index >= 15 is 0 Å². The van der Waals surface area contributed by atoms with Gasteiger partial charge in [-0.1, -0.05) is 6.07 Å². The quantitative estimate of drug-likeness (QED) is 0.880. The molecule has 0 bridgehead atoms. The van der Waals surface area contributed by atoms with Crippen LogP contribution >= 0.6 is 0 Å². The Labute approximate surface area is 135 Å². The number of nitrogens with two attached hydrogens (primary N) is 1. The zero-order valence-corrected chi connectivity index (χ0v) is 13.1. The molecule has 2 aromatic rings. The standard InChI is InChI=1S/C16H20N6O/c1-11-3-2-6-18-15(11)21-16-19-7-4-13(20-16)12-5-8-22(10-12)14(23)9-17/h2-4,6-7,12H,5,8-10,17H2,1H3,(H,18,19,20,21). The van der Waals surface area contributed by atoms with Crippen molar-refractivity contribution in [3.63, 3.8) is 0 Å². The maximum absolute atomic E-state index is 11.7. The summed E-state index contributed by atoms with van der Waals surface area (Å²) in [5, 5.41) is 3.15. The average Bonchev–Trinajstić information content (AvgIpc) is 3.07. The third-order valence-corrected chi connectivity index (χ3v) is 4.05. The van der Waals surface area contributed by atoms with Gasteiger partial charge in [0.1, 0.15) is 5.82 Å². The maximum Gasteiger partial charge on any atom is 0.236 e. The zero-order valence-electron chi connectivity index (χ0n) is 13.1. The molecule has 1 unspecified atom stereocenters. The van der Waals surface area contributed by atoms with E-state index in [9.17, 15) is 4.79 Å². The van der Waals surface area contributed by atoms with Crippen LogP contribution in [0.25, 0.3) is 0 Å². The molecule has 1 aliphatic rings. The van der Waals surface area contributed by atoms with E-state index in [0.29, 0.717) is 12.5 Å². The Kier molecular flexibility index (Phi) is 4.47. The molecule has 3 heterocycles. The monoisotopic (exact) mass is 312 g/mol. The summed E-state index contributed by atoms with van der Waals surface area (Å²) >= 11 is 0. The second-order valence-corrected chi connectivity index (χ2v) is 5.63. The lowest BCUT2D eigenvalue weighted by Gasteiger charge is -2.15. The van der Waals surface area contributed by atoms with E-state index in [4.69, 9.17) is 5.73 Å². The number of carbonyl (C=O) groups excluding carboxylic acids is 1. The molecule has 0 radical (unpaired) electrons. The molecule has 3 N–H and O–H groups in total. The molecule has 1 atom stereocenters. The first kappa shape index (κ1) is 15.4. The van der Waals surface area contributed by atoms with Gasteiger partial charge in [-0.15, -0.1) is 0 Å². The van der Waals surface area contributed by atoms with E-state index < -0.39 is 0 Å². The van der Waals surface area contributed by atoms with Gasteiger partial charge in [-0.25, -0.2) is 15.0 Å². The maximum atomic E-state index is 11.7. The summed E-state index contributed by atoms with van der Waals surface area (Å²) in [5.74, 6) is 1.48. The molecule has 7 heteroatoms. The van der Waals surface area contributed by atoms with Crippen molar-refractivity contribution in [1.82, 2.24) is 19.9 Å². The highest BCUT2D eigenvalue weighted by Gasteiger charge is 2.27. The predicted molar refractivity (Wildman–Crippen MR) is 87.3 cm³/mol. The first-order valence-corrected chi connectivity index (χ1v) is 7.67. The number of aromatic nitrogens is 3.